The number of carbonyl (C=O) groups excluding carboxylic acids is 3. The normalized spacial score (nSPS) is 17.5. The van der Waals surface area contributed by atoms with Gasteiger partial charge in [-0.3, -0.25) is 14.4 Å². The van der Waals surface area contributed by atoms with Gasteiger partial charge in [-0.2, -0.15) is 0 Å². The minimum Gasteiger partial charge on any atom is -0.344 e. The molecule has 184 valence electrons. The Morgan fingerprint density at radius 2 is 1.70 bits per heavy atom. The lowest BCUT2D eigenvalue weighted by Crippen LogP contribution is -2.60. The molecule has 0 aliphatic carbocycles. The predicted molar refractivity (Wildman–Crippen MR) is 133 cm³/mol. The summed E-state index contributed by atoms with van der Waals surface area (Å²) < 4.78 is 0. The van der Waals surface area contributed by atoms with Gasteiger partial charge in [0.15, 0.2) is 0 Å². The third-order valence-corrected chi connectivity index (χ3v) is 6.32. The fourth-order valence-electron chi connectivity index (χ4n) is 4.20. The number of piperazine rings is 1. The molecule has 2 atom stereocenters. The summed E-state index contributed by atoms with van der Waals surface area (Å²) in [6, 6.07) is 9.13. The van der Waals surface area contributed by atoms with Crippen LogP contribution in [0, 0.1) is 5.41 Å². The van der Waals surface area contributed by atoms with Crippen molar-refractivity contribution in [1.29, 1.82) is 0 Å². The number of unbranched alkanes of at least 4 members (excludes halogenated alkanes) is 4. The molecular formula is C27H43N3O3. The third-order valence-electron chi connectivity index (χ3n) is 6.32. The average Bonchev–Trinajstić information content (AvgIpc) is 2.77. The Kier molecular flexibility index (Phi) is 10.4. The second kappa shape index (κ2) is 12.8. The van der Waals surface area contributed by atoms with Gasteiger partial charge in [0.2, 0.25) is 17.7 Å². The molecule has 6 nitrogen and oxygen atoms in total. The van der Waals surface area contributed by atoms with Crippen molar-refractivity contribution < 1.29 is 14.4 Å². The molecule has 1 heterocycles. The Balaban J connectivity index is 1.99. The van der Waals surface area contributed by atoms with E-state index in [0.29, 0.717) is 32.5 Å². The summed E-state index contributed by atoms with van der Waals surface area (Å²) in [7, 11) is 0. The molecule has 1 aliphatic rings. The quantitative estimate of drug-likeness (QED) is 0.536. The largest absolute Gasteiger partial charge is 0.344 e. The molecule has 6 heteroatoms. The molecule has 2 unspecified atom stereocenters. The van der Waals surface area contributed by atoms with Gasteiger partial charge in [0, 0.05) is 43.9 Å². The number of amides is 3. The molecule has 0 bridgehead atoms. The molecule has 1 aromatic carbocycles. The second-order valence-electron chi connectivity index (χ2n) is 10.4. The van der Waals surface area contributed by atoms with Crippen LogP contribution in [0.15, 0.2) is 30.3 Å². The molecule has 0 radical (unpaired) electrons. The first kappa shape index (κ1) is 26.9. The monoisotopic (exact) mass is 457 g/mol. The fourth-order valence-corrected chi connectivity index (χ4v) is 4.20. The van der Waals surface area contributed by atoms with Crippen LogP contribution in [0.5, 0.6) is 0 Å². The summed E-state index contributed by atoms with van der Waals surface area (Å²) in [6.45, 7) is 11.3. The Labute approximate surface area is 200 Å². The van der Waals surface area contributed by atoms with Gasteiger partial charge in [-0.15, -0.1) is 0 Å². The van der Waals surface area contributed by atoms with E-state index < -0.39 is 11.5 Å². The Morgan fingerprint density at radius 3 is 2.30 bits per heavy atom. The van der Waals surface area contributed by atoms with Crippen LogP contribution in [0.2, 0.25) is 0 Å². The number of carbonyl (C=O) groups is 3. The molecule has 0 spiro atoms. The lowest BCUT2D eigenvalue weighted by molar-refractivity contribution is -0.145. The van der Waals surface area contributed by atoms with Crippen LogP contribution in [0.25, 0.3) is 0 Å². The third kappa shape index (κ3) is 8.49. The van der Waals surface area contributed by atoms with Crippen molar-refractivity contribution in [1.82, 2.24) is 15.1 Å². The molecule has 33 heavy (non-hydrogen) atoms. The van der Waals surface area contributed by atoms with Crippen molar-refractivity contribution in [2.45, 2.75) is 91.6 Å². The number of hydrogen-bond acceptors (Lipinski definition) is 3. The standard InChI is InChI=1S/C27H43N3O3/c1-6-7-8-9-13-16-24(31)30-18-17-29(20-21(30)2)25(32)23(28-26(33)27(3,4)5)19-22-14-11-10-12-15-22/h10-12,14-15,21,23H,6-9,13,16-20H2,1-5H3,(H,28,33). The van der Waals surface area contributed by atoms with Gasteiger partial charge in [0.05, 0.1) is 0 Å². The second-order valence-corrected chi connectivity index (χ2v) is 10.4. The lowest BCUT2D eigenvalue weighted by Gasteiger charge is -2.41. The van der Waals surface area contributed by atoms with Crippen molar-refractivity contribution >= 4 is 17.7 Å². The van der Waals surface area contributed by atoms with Crippen LogP contribution >= 0.6 is 0 Å². The number of benzene rings is 1. The van der Waals surface area contributed by atoms with Gasteiger partial charge in [-0.05, 0) is 18.9 Å². The molecule has 3 amide bonds. The maximum atomic E-state index is 13.5. The first-order chi connectivity index (χ1) is 15.6. The van der Waals surface area contributed by atoms with Crippen LogP contribution in [0.1, 0.15) is 78.7 Å². The topological polar surface area (TPSA) is 69.7 Å². The van der Waals surface area contributed by atoms with Crippen LogP contribution in [0.4, 0.5) is 0 Å². The van der Waals surface area contributed by atoms with E-state index in [1.54, 1.807) is 0 Å². The number of hydrogen-bond donors (Lipinski definition) is 1. The van der Waals surface area contributed by atoms with E-state index in [1.807, 2.05) is 67.8 Å². The molecule has 1 aliphatic heterocycles. The molecule has 1 N–H and O–H groups in total. The average molecular weight is 458 g/mol. The van der Waals surface area contributed by atoms with Crippen molar-refractivity contribution in [3.63, 3.8) is 0 Å². The van der Waals surface area contributed by atoms with Crippen LogP contribution in [-0.4, -0.2) is 59.2 Å². The summed E-state index contributed by atoms with van der Waals surface area (Å²) in [5.74, 6) is -0.0235. The van der Waals surface area contributed by atoms with E-state index in [9.17, 15) is 14.4 Å². The highest BCUT2D eigenvalue weighted by atomic mass is 16.2. The Bertz CT molecular complexity index is 773. The number of nitrogens with one attached hydrogen (secondary N) is 1. The summed E-state index contributed by atoms with van der Waals surface area (Å²) in [5.41, 5.74) is 0.431. The first-order valence-electron chi connectivity index (χ1n) is 12.6. The fraction of sp³-hybridized carbons (Fsp3) is 0.667. The summed E-state index contributed by atoms with van der Waals surface area (Å²) in [6.07, 6.45) is 6.67. The molecule has 1 aromatic rings. The first-order valence-corrected chi connectivity index (χ1v) is 12.6. The summed E-state index contributed by atoms with van der Waals surface area (Å²) in [5, 5.41) is 2.99. The van der Waals surface area contributed by atoms with Crippen LogP contribution in [0.3, 0.4) is 0 Å². The van der Waals surface area contributed by atoms with Crippen molar-refractivity contribution in [3.8, 4) is 0 Å². The van der Waals surface area contributed by atoms with E-state index in [0.717, 1.165) is 18.4 Å². The van der Waals surface area contributed by atoms with Gasteiger partial charge in [0.1, 0.15) is 6.04 Å². The minimum atomic E-state index is -0.618. The lowest BCUT2D eigenvalue weighted by atomic mass is 9.94. The zero-order valence-electron chi connectivity index (χ0n) is 21.2. The SMILES string of the molecule is CCCCCCCC(=O)N1CCN(C(=O)C(Cc2ccccc2)NC(=O)C(C)(C)C)CC1C. The maximum absolute atomic E-state index is 13.5. The van der Waals surface area contributed by atoms with Gasteiger partial charge >= 0.3 is 0 Å². The maximum Gasteiger partial charge on any atom is 0.245 e. The van der Waals surface area contributed by atoms with Gasteiger partial charge in [-0.25, -0.2) is 0 Å². The molecule has 1 fully saturated rings. The predicted octanol–water partition coefficient (Wildman–Crippen LogP) is 4.18. The number of nitrogens with zero attached hydrogens (tertiary/aromatic N) is 2. The zero-order chi connectivity index (χ0) is 24.4. The molecule has 0 aromatic heterocycles. The van der Waals surface area contributed by atoms with E-state index >= 15 is 0 Å². The van der Waals surface area contributed by atoms with Crippen molar-refractivity contribution in [2.24, 2.45) is 5.41 Å². The highest BCUT2D eigenvalue weighted by Gasteiger charge is 2.34. The van der Waals surface area contributed by atoms with Crippen LogP contribution < -0.4 is 5.32 Å². The van der Waals surface area contributed by atoms with Crippen LogP contribution in [-0.2, 0) is 20.8 Å². The van der Waals surface area contributed by atoms with Crippen molar-refractivity contribution in [3.05, 3.63) is 35.9 Å². The van der Waals surface area contributed by atoms with E-state index in [4.69, 9.17) is 0 Å². The summed E-state index contributed by atoms with van der Waals surface area (Å²) in [4.78, 5) is 42.6. The smallest absolute Gasteiger partial charge is 0.245 e. The molecule has 0 saturated carbocycles. The van der Waals surface area contributed by atoms with E-state index in [2.05, 4.69) is 12.2 Å². The Morgan fingerprint density at radius 1 is 1.03 bits per heavy atom. The molecule has 1 saturated heterocycles. The molecular weight excluding hydrogens is 414 g/mol. The zero-order valence-corrected chi connectivity index (χ0v) is 21.2. The van der Waals surface area contributed by atoms with Gasteiger partial charge in [0.25, 0.3) is 0 Å². The van der Waals surface area contributed by atoms with E-state index in [1.165, 1.54) is 19.3 Å². The van der Waals surface area contributed by atoms with Crippen molar-refractivity contribution in [2.75, 3.05) is 19.6 Å². The minimum absolute atomic E-state index is 0.0264. The van der Waals surface area contributed by atoms with Gasteiger partial charge < -0.3 is 15.1 Å². The molecule has 2 rings (SSSR count). The number of rotatable bonds is 10. The van der Waals surface area contributed by atoms with Gasteiger partial charge in [-0.1, -0.05) is 83.7 Å². The summed E-state index contributed by atoms with van der Waals surface area (Å²) >= 11 is 0. The van der Waals surface area contributed by atoms with E-state index in [-0.39, 0.29) is 23.8 Å². The highest BCUT2D eigenvalue weighted by Crippen LogP contribution is 2.18. The highest BCUT2D eigenvalue weighted by molar-refractivity contribution is 5.90. The Hall–Kier alpha value is -2.37.